The van der Waals surface area contributed by atoms with E-state index in [1.165, 1.54) is 26.3 Å². The minimum Gasteiger partial charge on any atom is -0.382 e. The van der Waals surface area contributed by atoms with Crippen LogP contribution in [-0.4, -0.2) is 37.0 Å². The molecule has 1 amide bonds. The van der Waals surface area contributed by atoms with Crippen LogP contribution in [0.15, 0.2) is 18.2 Å². The van der Waals surface area contributed by atoms with Gasteiger partial charge in [0.25, 0.3) is 0 Å². The molecule has 110 valence electrons. The summed E-state index contributed by atoms with van der Waals surface area (Å²) in [5.74, 6) is -0.112. The molecule has 1 fully saturated rings. The van der Waals surface area contributed by atoms with Crippen molar-refractivity contribution in [3.8, 4) is 0 Å². The number of hydrogen-bond acceptors (Lipinski definition) is 3. The Bertz CT molecular complexity index is 478. The Labute approximate surface area is 125 Å². The van der Waals surface area contributed by atoms with Gasteiger partial charge in [0, 0.05) is 18.7 Å². The lowest BCUT2D eigenvalue weighted by molar-refractivity contribution is -0.114. The summed E-state index contributed by atoms with van der Waals surface area (Å²) < 4.78 is 0. The molecule has 2 rings (SSSR count). The van der Waals surface area contributed by atoms with Gasteiger partial charge in [-0.3, -0.25) is 4.79 Å². The van der Waals surface area contributed by atoms with Crippen molar-refractivity contribution in [2.75, 3.05) is 30.8 Å². The maximum atomic E-state index is 11.0. The number of amides is 1. The first-order chi connectivity index (χ1) is 9.54. The fraction of sp³-hybridized carbons (Fsp3) is 0.533. The van der Waals surface area contributed by atoms with E-state index in [1.807, 2.05) is 18.2 Å². The molecule has 5 heteroatoms. The minimum atomic E-state index is -0.112. The zero-order valence-corrected chi connectivity index (χ0v) is 12.8. The normalized spacial score (nSPS) is 20.2. The Morgan fingerprint density at radius 3 is 2.85 bits per heavy atom. The van der Waals surface area contributed by atoms with Gasteiger partial charge in [0.1, 0.15) is 0 Å². The molecule has 20 heavy (non-hydrogen) atoms. The summed E-state index contributed by atoms with van der Waals surface area (Å²) >= 11 is 6.18. The van der Waals surface area contributed by atoms with E-state index in [2.05, 4.69) is 22.6 Å². The largest absolute Gasteiger partial charge is 0.382 e. The molecule has 0 spiro atoms. The van der Waals surface area contributed by atoms with Crippen LogP contribution in [0.1, 0.15) is 26.2 Å². The molecule has 1 unspecified atom stereocenters. The number of rotatable bonds is 3. The number of halogens is 1. The summed E-state index contributed by atoms with van der Waals surface area (Å²) in [4.78, 5) is 13.4. The molecule has 0 aliphatic carbocycles. The van der Waals surface area contributed by atoms with Gasteiger partial charge < -0.3 is 15.5 Å². The zero-order valence-electron chi connectivity index (χ0n) is 12.1. The van der Waals surface area contributed by atoms with Gasteiger partial charge in [0.15, 0.2) is 0 Å². The predicted molar refractivity (Wildman–Crippen MR) is 84.5 cm³/mol. The second-order valence-electron chi connectivity index (χ2n) is 5.45. The van der Waals surface area contributed by atoms with E-state index in [0.717, 1.165) is 18.7 Å². The lowest BCUT2D eigenvalue weighted by Gasteiger charge is -2.18. The highest BCUT2D eigenvalue weighted by Gasteiger charge is 2.15. The molecular formula is C15H22ClN3O. The highest BCUT2D eigenvalue weighted by Crippen LogP contribution is 2.26. The molecule has 0 radical (unpaired) electrons. The summed E-state index contributed by atoms with van der Waals surface area (Å²) in [5.41, 5.74) is 1.67. The number of nitrogens with zero attached hydrogens (tertiary/aromatic N) is 1. The summed E-state index contributed by atoms with van der Waals surface area (Å²) in [6.07, 6.45) is 3.53. The fourth-order valence-electron chi connectivity index (χ4n) is 2.52. The summed E-state index contributed by atoms with van der Waals surface area (Å²) in [6, 6.07) is 6.17. The molecule has 1 aliphatic rings. The molecule has 0 saturated carbocycles. The van der Waals surface area contributed by atoms with E-state index < -0.39 is 0 Å². The quantitative estimate of drug-likeness (QED) is 0.900. The van der Waals surface area contributed by atoms with Crippen molar-refractivity contribution in [1.29, 1.82) is 0 Å². The second kappa shape index (κ2) is 6.95. The van der Waals surface area contributed by atoms with Gasteiger partial charge >= 0.3 is 0 Å². The average molecular weight is 296 g/mol. The fourth-order valence-corrected chi connectivity index (χ4v) is 2.74. The van der Waals surface area contributed by atoms with Gasteiger partial charge in [-0.15, -0.1) is 0 Å². The highest BCUT2D eigenvalue weighted by atomic mass is 35.5. The number of carbonyl (C=O) groups is 1. The first kappa shape index (κ1) is 15.1. The first-order valence-corrected chi connectivity index (χ1v) is 7.44. The van der Waals surface area contributed by atoms with Crippen molar-refractivity contribution in [3.05, 3.63) is 23.2 Å². The van der Waals surface area contributed by atoms with Crippen molar-refractivity contribution in [1.82, 2.24) is 4.90 Å². The second-order valence-corrected chi connectivity index (χ2v) is 5.86. The smallest absolute Gasteiger partial charge is 0.221 e. The lowest BCUT2D eigenvalue weighted by atomic mass is 10.1. The Hall–Kier alpha value is -1.26. The number of hydrogen-bond donors (Lipinski definition) is 2. The van der Waals surface area contributed by atoms with Gasteiger partial charge in [-0.05, 0) is 57.6 Å². The summed E-state index contributed by atoms with van der Waals surface area (Å²) in [6.45, 7) is 3.76. The molecule has 0 aromatic heterocycles. The molecule has 1 atom stereocenters. The molecule has 1 heterocycles. The molecule has 1 aromatic rings. The standard InChI is InChI=1S/C15H22ClN3O/c1-11(20)17-15-6-5-13(10-14(15)16)18-12-4-3-8-19(2)9-7-12/h5-6,10,12,18H,3-4,7-9H2,1-2H3,(H,17,20). The third-order valence-electron chi connectivity index (χ3n) is 3.60. The first-order valence-electron chi connectivity index (χ1n) is 7.07. The summed E-state index contributed by atoms with van der Waals surface area (Å²) in [7, 11) is 2.17. The average Bonchev–Trinajstić information content (AvgIpc) is 2.58. The third kappa shape index (κ3) is 4.39. The van der Waals surface area contributed by atoms with E-state index in [4.69, 9.17) is 11.6 Å². The number of anilines is 2. The zero-order chi connectivity index (χ0) is 14.5. The van der Waals surface area contributed by atoms with Gasteiger partial charge in [0.05, 0.1) is 10.7 Å². The lowest BCUT2D eigenvalue weighted by Crippen LogP contribution is -2.23. The molecule has 1 aliphatic heterocycles. The van der Waals surface area contributed by atoms with Gasteiger partial charge in [-0.25, -0.2) is 0 Å². The molecule has 2 N–H and O–H groups in total. The molecule has 1 aromatic carbocycles. The number of likely N-dealkylation sites (tertiary alicyclic amines) is 1. The van der Waals surface area contributed by atoms with Crippen LogP contribution in [0.4, 0.5) is 11.4 Å². The van der Waals surface area contributed by atoms with E-state index in [9.17, 15) is 4.79 Å². The van der Waals surface area contributed by atoms with E-state index in [-0.39, 0.29) is 5.91 Å². The van der Waals surface area contributed by atoms with Crippen LogP contribution in [0, 0.1) is 0 Å². The Kier molecular flexibility index (Phi) is 5.26. The number of nitrogens with one attached hydrogen (secondary N) is 2. The number of benzene rings is 1. The van der Waals surface area contributed by atoms with E-state index in [0.29, 0.717) is 16.8 Å². The van der Waals surface area contributed by atoms with Crippen LogP contribution in [0.25, 0.3) is 0 Å². The van der Waals surface area contributed by atoms with Crippen LogP contribution >= 0.6 is 11.6 Å². The summed E-state index contributed by atoms with van der Waals surface area (Å²) in [5, 5.41) is 6.82. The van der Waals surface area contributed by atoms with Crippen molar-refractivity contribution in [3.63, 3.8) is 0 Å². The maximum Gasteiger partial charge on any atom is 0.221 e. The maximum absolute atomic E-state index is 11.0. The van der Waals surface area contributed by atoms with E-state index in [1.54, 1.807) is 0 Å². The van der Waals surface area contributed by atoms with Crippen molar-refractivity contribution >= 4 is 28.9 Å². The molecular weight excluding hydrogens is 274 g/mol. The van der Waals surface area contributed by atoms with Gasteiger partial charge in [-0.1, -0.05) is 11.6 Å². The third-order valence-corrected chi connectivity index (χ3v) is 3.91. The van der Waals surface area contributed by atoms with Crippen molar-refractivity contribution < 1.29 is 4.79 Å². The van der Waals surface area contributed by atoms with Crippen molar-refractivity contribution in [2.24, 2.45) is 0 Å². The Balaban J connectivity index is 1.99. The van der Waals surface area contributed by atoms with Crippen LogP contribution < -0.4 is 10.6 Å². The van der Waals surface area contributed by atoms with Crippen molar-refractivity contribution in [2.45, 2.75) is 32.2 Å². The van der Waals surface area contributed by atoms with Crippen LogP contribution in [0.5, 0.6) is 0 Å². The minimum absolute atomic E-state index is 0.112. The topological polar surface area (TPSA) is 44.4 Å². The Morgan fingerprint density at radius 1 is 1.35 bits per heavy atom. The molecule has 4 nitrogen and oxygen atoms in total. The SMILES string of the molecule is CC(=O)Nc1ccc(NC2CCCN(C)CC2)cc1Cl. The number of carbonyl (C=O) groups excluding carboxylic acids is 1. The highest BCUT2D eigenvalue weighted by molar-refractivity contribution is 6.34. The van der Waals surface area contributed by atoms with Crippen LogP contribution in [-0.2, 0) is 4.79 Å². The van der Waals surface area contributed by atoms with E-state index >= 15 is 0 Å². The van der Waals surface area contributed by atoms with Gasteiger partial charge in [0.2, 0.25) is 5.91 Å². The predicted octanol–water partition coefficient (Wildman–Crippen LogP) is 3.19. The van der Waals surface area contributed by atoms with Gasteiger partial charge in [-0.2, -0.15) is 0 Å². The van der Waals surface area contributed by atoms with Crippen LogP contribution in [0.3, 0.4) is 0 Å². The monoisotopic (exact) mass is 295 g/mol. The molecule has 1 saturated heterocycles. The van der Waals surface area contributed by atoms with Crippen LogP contribution in [0.2, 0.25) is 5.02 Å². The molecule has 0 bridgehead atoms. The Morgan fingerprint density at radius 2 is 2.15 bits per heavy atom.